The van der Waals surface area contributed by atoms with Gasteiger partial charge in [0.15, 0.2) is 17.6 Å². The molecule has 0 spiro atoms. The van der Waals surface area contributed by atoms with Crippen molar-refractivity contribution in [2.24, 2.45) is 5.73 Å². The van der Waals surface area contributed by atoms with E-state index in [1.54, 1.807) is 0 Å². The SMILES string of the molecule is Cc1cc(C)cc(N2CCN(c3nccc(COC(=O)NC(=N)N)c3F)CC2)c1. The summed E-state index contributed by atoms with van der Waals surface area (Å²) < 4.78 is 19.8. The third-order valence-electron chi connectivity index (χ3n) is 4.70. The molecular weight excluding hydrogens is 375 g/mol. The van der Waals surface area contributed by atoms with Gasteiger partial charge in [-0.25, -0.2) is 14.2 Å². The number of carbonyl (C=O) groups excluding carboxylic acids is 1. The second-order valence-corrected chi connectivity index (χ2v) is 7.04. The number of guanidine groups is 1. The Bertz CT molecular complexity index is 892. The molecule has 0 atom stereocenters. The van der Waals surface area contributed by atoms with Crippen molar-refractivity contribution in [3.05, 3.63) is 53.0 Å². The molecule has 154 valence electrons. The number of alkyl carbamates (subject to hydrolysis) is 1. The molecule has 1 aromatic carbocycles. The minimum atomic E-state index is -0.905. The minimum Gasteiger partial charge on any atom is -0.444 e. The van der Waals surface area contributed by atoms with Crippen LogP contribution >= 0.6 is 0 Å². The van der Waals surface area contributed by atoms with E-state index in [0.717, 1.165) is 13.1 Å². The second kappa shape index (κ2) is 8.76. The van der Waals surface area contributed by atoms with Gasteiger partial charge in [-0.3, -0.25) is 10.7 Å². The number of anilines is 2. The van der Waals surface area contributed by atoms with Gasteiger partial charge in [-0.2, -0.15) is 0 Å². The van der Waals surface area contributed by atoms with Crippen LogP contribution in [0.4, 0.5) is 20.7 Å². The summed E-state index contributed by atoms with van der Waals surface area (Å²) in [7, 11) is 0. The molecule has 1 aliphatic rings. The Hall–Kier alpha value is -3.36. The lowest BCUT2D eigenvalue weighted by atomic mass is 10.1. The lowest BCUT2D eigenvalue weighted by Crippen LogP contribution is -2.47. The maximum atomic E-state index is 14.9. The maximum absolute atomic E-state index is 14.9. The molecule has 3 rings (SSSR count). The Morgan fingerprint density at radius 1 is 1.21 bits per heavy atom. The molecule has 0 aliphatic carbocycles. The molecule has 1 amide bonds. The van der Waals surface area contributed by atoms with Crippen LogP contribution < -0.4 is 20.9 Å². The highest BCUT2D eigenvalue weighted by atomic mass is 19.1. The summed E-state index contributed by atoms with van der Waals surface area (Å²) >= 11 is 0. The van der Waals surface area contributed by atoms with Crippen molar-refractivity contribution in [1.82, 2.24) is 10.3 Å². The standard InChI is InChI=1S/C20H25FN6O2/c1-13-9-14(2)11-16(10-13)26-5-7-27(8-6-26)18-17(21)15(3-4-24-18)12-29-20(28)25-19(22)23/h3-4,9-11H,5-8,12H2,1-2H3,(H4,22,23,25,28). The summed E-state index contributed by atoms with van der Waals surface area (Å²) in [5.74, 6) is -0.798. The van der Waals surface area contributed by atoms with Gasteiger partial charge < -0.3 is 20.3 Å². The third kappa shape index (κ3) is 5.13. The fourth-order valence-electron chi connectivity index (χ4n) is 3.40. The van der Waals surface area contributed by atoms with Gasteiger partial charge in [0.2, 0.25) is 0 Å². The molecular formula is C20H25FN6O2. The number of nitrogens with zero attached hydrogens (tertiary/aromatic N) is 3. The molecule has 1 aliphatic heterocycles. The van der Waals surface area contributed by atoms with E-state index in [1.165, 1.54) is 29.1 Å². The van der Waals surface area contributed by atoms with E-state index >= 15 is 0 Å². The van der Waals surface area contributed by atoms with Gasteiger partial charge in [0.05, 0.1) is 0 Å². The number of ether oxygens (including phenoxy) is 1. The van der Waals surface area contributed by atoms with Crippen molar-refractivity contribution in [3.63, 3.8) is 0 Å². The number of hydrogen-bond donors (Lipinski definition) is 3. The summed E-state index contributed by atoms with van der Waals surface area (Å²) in [4.78, 5) is 19.8. The first-order chi connectivity index (χ1) is 13.8. The molecule has 2 aromatic rings. The first-order valence-electron chi connectivity index (χ1n) is 9.33. The van der Waals surface area contributed by atoms with Crippen LogP contribution in [0.5, 0.6) is 0 Å². The Labute approximate surface area is 169 Å². The number of aryl methyl sites for hydroxylation is 2. The number of carbonyl (C=O) groups is 1. The summed E-state index contributed by atoms with van der Waals surface area (Å²) in [6.45, 7) is 6.66. The summed E-state index contributed by atoms with van der Waals surface area (Å²) in [6, 6.07) is 7.92. The van der Waals surface area contributed by atoms with Gasteiger partial charge in [-0.15, -0.1) is 0 Å². The average Bonchev–Trinajstić information content (AvgIpc) is 2.66. The van der Waals surface area contributed by atoms with Crippen LogP contribution in [-0.2, 0) is 11.3 Å². The van der Waals surface area contributed by atoms with Crippen molar-refractivity contribution >= 4 is 23.6 Å². The normalized spacial score (nSPS) is 13.9. The number of benzene rings is 1. The van der Waals surface area contributed by atoms with Gasteiger partial charge in [0.25, 0.3) is 0 Å². The number of piperazine rings is 1. The molecule has 1 saturated heterocycles. The number of nitrogens with one attached hydrogen (secondary N) is 2. The van der Waals surface area contributed by atoms with E-state index < -0.39 is 17.9 Å². The molecule has 0 bridgehead atoms. The molecule has 1 aromatic heterocycles. The lowest BCUT2D eigenvalue weighted by Gasteiger charge is -2.37. The number of halogens is 1. The van der Waals surface area contributed by atoms with Crippen LogP contribution in [0.1, 0.15) is 16.7 Å². The van der Waals surface area contributed by atoms with Crippen molar-refractivity contribution < 1.29 is 13.9 Å². The van der Waals surface area contributed by atoms with E-state index in [-0.39, 0.29) is 18.0 Å². The largest absolute Gasteiger partial charge is 0.444 e. The highest BCUT2D eigenvalue weighted by Crippen LogP contribution is 2.24. The van der Waals surface area contributed by atoms with Gasteiger partial charge in [0, 0.05) is 43.6 Å². The fourth-order valence-corrected chi connectivity index (χ4v) is 3.40. The second-order valence-electron chi connectivity index (χ2n) is 7.04. The maximum Gasteiger partial charge on any atom is 0.414 e. The Morgan fingerprint density at radius 2 is 1.83 bits per heavy atom. The van der Waals surface area contributed by atoms with Crippen LogP contribution in [0.15, 0.2) is 30.5 Å². The average molecular weight is 400 g/mol. The molecule has 29 heavy (non-hydrogen) atoms. The molecule has 0 saturated carbocycles. The molecule has 1 fully saturated rings. The quantitative estimate of drug-likeness (QED) is 0.537. The predicted octanol–water partition coefficient (Wildman–Crippen LogP) is 2.28. The minimum absolute atomic E-state index is 0.213. The van der Waals surface area contributed by atoms with Gasteiger partial charge >= 0.3 is 6.09 Å². The first kappa shape index (κ1) is 20.4. The zero-order valence-corrected chi connectivity index (χ0v) is 16.5. The number of hydrogen-bond acceptors (Lipinski definition) is 6. The Balaban J connectivity index is 1.64. The molecule has 0 radical (unpaired) electrons. The van der Waals surface area contributed by atoms with E-state index in [1.807, 2.05) is 10.2 Å². The van der Waals surface area contributed by atoms with Gasteiger partial charge in [0.1, 0.15) is 6.61 Å². The van der Waals surface area contributed by atoms with Crippen molar-refractivity contribution in [3.8, 4) is 0 Å². The van der Waals surface area contributed by atoms with E-state index in [4.69, 9.17) is 15.9 Å². The van der Waals surface area contributed by atoms with Crippen LogP contribution in [0.25, 0.3) is 0 Å². The van der Waals surface area contributed by atoms with Crippen LogP contribution in [0, 0.1) is 25.1 Å². The zero-order chi connectivity index (χ0) is 21.0. The summed E-state index contributed by atoms with van der Waals surface area (Å²) in [5.41, 5.74) is 8.89. The number of aromatic nitrogens is 1. The molecule has 9 heteroatoms. The zero-order valence-electron chi connectivity index (χ0n) is 16.5. The molecule has 8 nitrogen and oxygen atoms in total. The van der Waals surface area contributed by atoms with E-state index in [2.05, 4.69) is 41.9 Å². The van der Waals surface area contributed by atoms with E-state index in [0.29, 0.717) is 13.1 Å². The highest BCUT2D eigenvalue weighted by Gasteiger charge is 2.22. The predicted molar refractivity (Wildman–Crippen MR) is 110 cm³/mol. The summed E-state index contributed by atoms with van der Waals surface area (Å²) in [6.07, 6.45) is 0.591. The molecule has 2 heterocycles. The summed E-state index contributed by atoms with van der Waals surface area (Å²) in [5, 5.41) is 8.98. The monoisotopic (exact) mass is 400 g/mol. The third-order valence-corrected chi connectivity index (χ3v) is 4.70. The van der Waals surface area contributed by atoms with Crippen LogP contribution in [0.3, 0.4) is 0 Å². The van der Waals surface area contributed by atoms with Crippen molar-refractivity contribution in [2.45, 2.75) is 20.5 Å². The topological polar surface area (TPSA) is 108 Å². The van der Waals surface area contributed by atoms with Crippen LogP contribution in [-0.4, -0.2) is 43.2 Å². The van der Waals surface area contributed by atoms with Crippen molar-refractivity contribution in [2.75, 3.05) is 36.0 Å². The first-order valence-corrected chi connectivity index (χ1v) is 9.33. The number of rotatable bonds is 4. The fraction of sp³-hybridized carbons (Fsp3) is 0.350. The van der Waals surface area contributed by atoms with Gasteiger partial charge in [-0.05, 0) is 43.2 Å². The lowest BCUT2D eigenvalue weighted by molar-refractivity contribution is 0.143. The number of pyridine rings is 1. The van der Waals surface area contributed by atoms with Gasteiger partial charge in [-0.1, -0.05) is 6.07 Å². The highest BCUT2D eigenvalue weighted by molar-refractivity contribution is 5.90. The Kier molecular flexibility index (Phi) is 6.16. The van der Waals surface area contributed by atoms with Crippen LogP contribution in [0.2, 0.25) is 0 Å². The Morgan fingerprint density at radius 3 is 2.45 bits per heavy atom. The molecule has 0 unspecified atom stereocenters. The van der Waals surface area contributed by atoms with E-state index in [9.17, 15) is 9.18 Å². The number of nitrogens with two attached hydrogens (primary N) is 1. The molecule has 4 N–H and O–H groups in total. The smallest absolute Gasteiger partial charge is 0.414 e. The van der Waals surface area contributed by atoms with Crippen molar-refractivity contribution in [1.29, 1.82) is 5.41 Å². The number of amides is 1.